The van der Waals surface area contributed by atoms with E-state index in [4.69, 9.17) is 0 Å². The van der Waals surface area contributed by atoms with E-state index in [1.165, 1.54) is 4.90 Å². The predicted molar refractivity (Wildman–Crippen MR) is 98.3 cm³/mol. The quantitative estimate of drug-likeness (QED) is 0.785. The Morgan fingerprint density at radius 1 is 1.08 bits per heavy atom. The Labute approximate surface area is 152 Å². The molecule has 6 heteroatoms. The van der Waals surface area contributed by atoms with Gasteiger partial charge < -0.3 is 10.6 Å². The SMILES string of the molecule is CC(c1ccccc1)N1C(=O)NC(CCC(=O)Nc2ccccc2)C1=O. The molecule has 6 nitrogen and oxygen atoms in total. The average molecular weight is 351 g/mol. The number of carbonyl (C=O) groups is 3. The van der Waals surface area contributed by atoms with Crippen molar-refractivity contribution in [3.8, 4) is 0 Å². The van der Waals surface area contributed by atoms with Crippen molar-refractivity contribution in [3.05, 3.63) is 66.2 Å². The molecule has 0 bridgehead atoms. The third-order valence-corrected chi connectivity index (χ3v) is 4.44. The molecule has 1 saturated heterocycles. The van der Waals surface area contributed by atoms with Crippen LogP contribution in [0.2, 0.25) is 0 Å². The van der Waals surface area contributed by atoms with Crippen molar-refractivity contribution < 1.29 is 14.4 Å². The second-order valence-electron chi connectivity index (χ2n) is 6.25. The molecule has 2 atom stereocenters. The zero-order valence-corrected chi connectivity index (χ0v) is 14.5. The number of para-hydroxylation sites is 1. The molecule has 0 aliphatic carbocycles. The fourth-order valence-corrected chi connectivity index (χ4v) is 3.01. The number of nitrogens with zero attached hydrogens (tertiary/aromatic N) is 1. The molecule has 0 saturated carbocycles. The van der Waals surface area contributed by atoms with Gasteiger partial charge in [-0.2, -0.15) is 0 Å². The number of amides is 4. The average Bonchev–Trinajstić information content (AvgIpc) is 2.94. The van der Waals surface area contributed by atoms with Crippen LogP contribution in [0.25, 0.3) is 0 Å². The van der Waals surface area contributed by atoms with Gasteiger partial charge in [-0.1, -0.05) is 48.5 Å². The van der Waals surface area contributed by atoms with E-state index < -0.39 is 12.1 Å². The molecule has 1 fully saturated rings. The van der Waals surface area contributed by atoms with Crippen LogP contribution in [0.1, 0.15) is 31.4 Å². The van der Waals surface area contributed by atoms with Gasteiger partial charge in [0.15, 0.2) is 0 Å². The zero-order chi connectivity index (χ0) is 18.5. The van der Waals surface area contributed by atoms with Gasteiger partial charge in [-0.15, -0.1) is 0 Å². The van der Waals surface area contributed by atoms with Crippen LogP contribution in [0.15, 0.2) is 60.7 Å². The van der Waals surface area contributed by atoms with E-state index in [0.29, 0.717) is 5.69 Å². The van der Waals surface area contributed by atoms with Gasteiger partial charge in [-0.05, 0) is 31.0 Å². The molecule has 1 aliphatic heterocycles. The van der Waals surface area contributed by atoms with Crippen LogP contribution < -0.4 is 10.6 Å². The van der Waals surface area contributed by atoms with E-state index in [0.717, 1.165) is 5.56 Å². The lowest BCUT2D eigenvalue weighted by atomic mass is 10.1. The second kappa shape index (κ2) is 7.82. The van der Waals surface area contributed by atoms with Crippen LogP contribution >= 0.6 is 0 Å². The Morgan fingerprint density at radius 3 is 2.35 bits per heavy atom. The van der Waals surface area contributed by atoms with Crippen LogP contribution in [-0.2, 0) is 9.59 Å². The summed E-state index contributed by atoms with van der Waals surface area (Å²) in [6.45, 7) is 1.82. The highest BCUT2D eigenvalue weighted by atomic mass is 16.2. The van der Waals surface area contributed by atoms with Crippen molar-refractivity contribution in [3.63, 3.8) is 0 Å². The van der Waals surface area contributed by atoms with Crippen molar-refractivity contribution in [2.45, 2.75) is 31.8 Å². The molecule has 2 N–H and O–H groups in total. The van der Waals surface area contributed by atoms with Gasteiger partial charge in [-0.3, -0.25) is 14.5 Å². The fraction of sp³-hybridized carbons (Fsp3) is 0.250. The van der Waals surface area contributed by atoms with Gasteiger partial charge in [0.2, 0.25) is 5.91 Å². The molecule has 134 valence electrons. The van der Waals surface area contributed by atoms with E-state index >= 15 is 0 Å². The van der Waals surface area contributed by atoms with E-state index in [2.05, 4.69) is 10.6 Å². The number of carbonyl (C=O) groups excluding carboxylic acids is 3. The van der Waals surface area contributed by atoms with Crippen molar-refractivity contribution in [1.29, 1.82) is 0 Å². The maximum atomic E-state index is 12.6. The molecule has 0 radical (unpaired) electrons. The highest BCUT2D eigenvalue weighted by molar-refractivity contribution is 6.05. The Morgan fingerprint density at radius 2 is 1.69 bits per heavy atom. The summed E-state index contributed by atoms with van der Waals surface area (Å²) in [4.78, 5) is 38.1. The number of hydrogen-bond acceptors (Lipinski definition) is 3. The molecule has 26 heavy (non-hydrogen) atoms. The first-order chi connectivity index (χ1) is 12.6. The summed E-state index contributed by atoms with van der Waals surface area (Å²) in [5.74, 6) is -0.480. The summed E-state index contributed by atoms with van der Waals surface area (Å²) in [5.41, 5.74) is 1.59. The first-order valence-corrected chi connectivity index (χ1v) is 8.59. The standard InChI is InChI=1S/C20H21N3O3/c1-14(15-8-4-2-5-9-15)23-19(25)17(22-20(23)26)12-13-18(24)21-16-10-6-3-7-11-16/h2-11,14,17H,12-13H2,1H3,(H,21,24)(H,22,26). The van der Waals surface area contributed by atoms with Gasteiger partial charge in [0.05, 0.1) is 6.04 Å². The number of anilines is 1. The highest BCUT2D eigenvalue weighted by Crippen LogP contribution is 2.25. The van der Waals surface area contributed by atoms with Crippen LogP contribution in [-0.4, -0.2) is 28.8 Å². The highest BCUT2D eigenvalue weighted by Gasteiger charge is 2.40. The van der Waals surface area contributed by atoms with Crippen LogP contribution in [0, 0.1) is 0 Å². The zero-order valence-electron chi connectivity index (χ0n) is 14.5. The van der Waals surface area contributed by atoms with Crippen molar-refractivity contribution >= 4 is 23.5 Å². The lowest BCUT2D eigenvalue weighted by molar-refractivity contribution is -0.129. The summed E-state index contributed by atoms with van der Waals surface area (Å²) < 4.78 is 0. The second-order valence-corrected chi connectivity index (χ2v) is 6.25. The largest absolute Gasteiger partial charge is 0.326 e. The first kappa shape index (κ1) is 17.7. The molecule has 0 aromatic heterocycles. The molecule has 1 heterocycles. The van der Waals surface area contributed by atoms with Crippen LogP contribution in [0.5, 0.6) is 0 Å². The monoisotopic (exact) mass is 351 g/mol. The molecule has 3 rings (SSSR count). The van der Waals surface area contributed by atoms with Gasteiger partial charge in [-0.25, -0.2) is 4.79 Å². The minimum absolute atomic E-state index is 0.152. The molecule has 2 aromatic carbocycles. The van der Waals surface area contributed by atoms with Crippen molar-refractivity contribution in [2.75, 3.05) is 5.32 Å². The van der Waals surface area contributed by atoms with E-state index in [-0.39, 0.29) is 30.7 Å². The lowest BCUT2D eigenvalue weighted by Gasteiger charge is -2.21. The van der Waals surface area contributed by atoms with Crippen LogP contribution in [0.4, 0.5) is 10.5 Å². The third kappa shape index (κ3) is 3.91. The normalized spacial score (nSPS) is 17.7. The number of imide groups is 1. The number of rotatable bonds is 6. The fourth-order valence-electron chi connectivity index (χ4n) is 3.01. The Bertz CT molecular complexity index is 792. The number of hydrogen-bond donors (Lipinski definition) is 2. The van der Waals surface area contributed by atoms with E-state index in [1.807, 2.05) is 55.5 Å². The Kier molecular flexibility index (Phi) is 5.31. The smallest absolute Gasteiger partial charge is 0.325 e. The van der Waals surface area contributed by atoms with E-state index in [1.54, 1.807) is 12.1 Å². The summed E-state index contributed by atoms with van der Waals surface area (Å²) in [6, 6.07) is 17.1. The first-order valence-electron chi connectivity index (χ1n) is 8.59. The minimum Gasteiger partial charge on any atom is -0.326 e. The summed E-state index contributed by atoms with van der Waals surface area (Å²) in [6.07, 6.45) is 0.417. The number of nitrogens with one attached hydrogen (secondary N) is 2. The maximum absolute atomic E-state index is 12.6. The molecule has 1 aliphatic rings. The summed E-state index contributed by atoms with van der Waals surface area (Å²) >= 11 is 0. The lowest BCUT2D eigenvalue weighted by Crippen LogP contribution is -2.34. The van der Waals surface area contributed by atoms with Gasteiger partial charge in [0.1, 0.15) is 6.04 Å². The molecule has 0 spiro atoms. The third-order valence-electron chi connectivity index (χ3n) is 4.44. The van der Waals surface area contributed by atoms with Gasteiger partial charge in [0.25, 0.3) is 5.91 Å². The summed E-state index contributed by atoms with van der Waals surface area (Å²) in [5, 5.41) is 5.46. The van der Waals surface area contributed by atoms with Crippen molar-refractivity contribution in [1.82, 2.24) is 10.2 Å². The molecular weight excluding hydrogens is 330 g/mol. The topological polar surface area (TPSA) is 78.5 Å². The van der Waals surface area contributed by atoms with E-state index in [9.17, 15) is 14.4 Å². The molecule has 2 unspecified atom stereocenters. The Balaban J connectivity index is 1.58. The van der Waals surface area contributed by atoms with Crippen molar-refractivity contribution in [2.24, 2.45) is 0 Å². The van der Waals surface area contributed by atoms with Gasteiger partial charge >= 0.3 is 6.03 Å². The maximum Gasteiger partial charge on any atom is 0.325 e. The van der Waals surface area contributed by atoms with Crippen LogP contribution in [0.3, 0.4) is 0 Å². The Hall–Kier alpha value is -3.15. The summed E-state index contributed by atoms with van der Waals surface area (Å²) in [7, 11) is 0. The molecule has 4 amide bonds. The number of benzene rings is 2. The predicted octanol–water partition coefficient (Wildman–Crippen LogP) is 3.09. The number of urea groups is 1. The minimum atomic E-state index is -0.671. The van der Waals surface area contributed by atoms with Gasteiger partial charge in [0, 0.05) is 12.1 Å². The molecular formula is C20H21N3O3. The molecule has 2 aromatic rings.